The zero-order chi connectivity index (χ0) is 43.2. The monoisotopic (exact) mass is 862 g/mol. The minimum atomic E-state index is -4.19. The van der Waals surface area contributed by atoms with Crippen LogP contribution in [-0.4, -0.2) is 82.8 Å². The van der Waals surface area contributed by atoms with Crippen LogP contribution in [0.2, 0.25) is 0 Å². The van der Waals surface area contributed by atoms with Gasteiger partial charge in [0.15, 0.2) is 5.78 Å². The molecule has 1 saturated heterocycles. The van der Waals surface area contributed by atoms with Crippen LogP contribution in [0.15, 0.2) is 36.4 Å². The Labute approximate surface area is 355 Å². The van der Waals surface area contributed by atoms with Crippen LogP contribution in [0.3, 0.4) is 0 Å². The number of nitrogens with one attached hydrogen (secondary N) is 1. The first-order valence-corrected chi connectivity index (χ1v) is 23.6. The number of aromatic nitrogens is 2. The van der Waals surface area contributed by atoms with Gasteiger partial charge in [-0.3, -0.25) is 23.9 Å². The Morgan fingerprint density at radius 3 is 2.48 bits per heavy atom. The summed E-state index contributed by atoms with van der Waals surface area (Å²) in [4.78, 5) is 68.6. The quantitative estimate of drug-likeness (QED) is 0.192. The van der Waals surface area contributed by atoms with Crippen molar-refractivity contribution in [3.8, 4) is 5.88 Å². The fraction of sp³-hybridized carbons (Fsp3) is 0.652. The third-order valence-corrected chi connectivity index (χ3v) is 17.1. The molecule has 3 aromatic rings. The average Bonchev–Trinajstić information content (AvgIpc) is 4.16. The van der Waals surface area contributed by atoms with E-state index in [0.29, 0.717) is 47.8 Å². The number of halogens is 2. The molecular weight excluding hydrogens is 807 g/mol. The van der Waals surface area contributed by atoms with Crippen molar-refractivity contribution in [2.75, 3.05) is 6.54 Å². The van der Waals surface area contributed by atoms with E-state index in [4.69, 9.17) is 19.4 Å². The first-order valence-electron chi connectivity index (χ1n) is 22.1. The Kier molecular flexibility index (Phi) is 10.5. The topological polar surface area (TPSA) is 162 Å². The highest BCUT2D eigenvalue weighted by Crippen LogP contribution is 2.60. The minimum absolute atomic E-state index is 0.0411. The van der Waals surface area contributed by atoms with Crippen molar-refractivity contribution in [1.82, 2.24) is 19.6 Å². The molecule has 1 unspecified atom stereocenters. The fourth-order valence-corrected chi connectivity index (χ4v) is 12.0. The van der Waals surface area contributed by atoms with E-state index in [1.807, 2.05) is 61.9 Å². The van der Waals surface area contributed by atoms with Gasteiger partial charge in [0.25, 0.3) is 0 Å². The number of aryl methyl sites for hydroxylation is 1. The van der Waals surface area contributed by atoms with Crippen molar-refractivity contribution in [3.05, 3.63) is 42.1 Å². The molecule has 9 atom stereocenters. The third kappa shape index (κ3) is 7.90. The second-order valence-electron chi connectivity index (χ2n) is 20.3. The van der Waals surface area contributed by atoms with E-state index in [-0.39, 0.29) is 43.7 Å². The van der Waals surface area contributed by atoms with Gasteiger partial charge < -0.3 is 14.4 Å². The van der Waals surface area contributed by atoms with E-state index in [1.54, 1.807) is 0 Å². The van der Waals surface area contributed by atoms with Gasteiger partial charge in [-0.2, -0.15) is 0 Å². The maximum atomic E-state index is 15.0. The summed E-state index contributed by atoms with van der Waals surface area (Å²) in [5.41, 5.74) is -0.720. The average molecular weight is 863 g/mol. The number of alkyl halides is 2. The number of nitrogens with zero attached hydrogens (tertiary/aromatic N) is 3. The number of carbonyl (C=O) groups excluding carboxylic acids is 4. The molecule has 4 aliphatic carbocycles. The Balaban J connectivity index is 1.07. The summed E-state index contributed by atoms with van der Waals surface area (Å²) in [6, 6.07) is 10.6. The minimum Gasteiger partial charge on any atom is -0.471 e. The van der Waals surface area contributed by atoms with E-state index in [1.165, 1.54) is 11.8 Å². The highest BCUT2D eigenvalue weighted by Gasteiger charge is 2.67. The first-order chi connectivity index (χ1) is 28.9. The summed E-state index contributed by atoms with van der Waals surface area (Å²) in [6.45, 7) is 6.95. The van der Waals surface area contributed by atoms with Crippen LogP contribution in [-0.2, 0) is 40.4 Å². The maximum absolute atomic E-state index is 15.0. The number of Topliss-reactive ketones (excluding diaryl/α,β-unsaturated/α-hetero) is 1. The molecule has 6 aliphatic rings. The summed E-state index contributed by atoms with van der Waals surface area (Å²) in [5, 5.41) is 1.86. The molecule has 2 aliphatic heterocycles. The summed E-state index contributed by atoms with van der Waals surface area (Å²) < 4.78 is 68.8. The Morgan fingerprint density at radius 2 is 1.75 bits per heavy atom. The largest absolute Gasteiger partial charge is 0.471 e. The number of ether oxygens (including phenoxy) is 2. The van der Waals surface area contributed by atoms with Crippen LogP contribution in [0.25, 0.3) is 21.8 Å². The smallest absolute Gasteiger partial charge is 0.306 e. The SMILES string of the molecule is CC(C)(C)[C@@H]1CC(=O)O[C@@H]2C[C@@H]3C[C@@H]3[C@H]2CCCCCc2nc3ccc4ccccc4c3nc2OC2C[C@@H](C(=O)C[C@]3(C(=O)NS(=O)(=O)C4(C)CC4)C[C@H]3C(F)F)N(C2)C1=O. The van der Waals surface area contributed by atoms with Gasteiger partial charge in [-0.05, 0) is 92.9 Å². The number of hydrogen-bond acceptors (Lipinski definition) is 10. The van der Waals surface area contributed by atoms with Crippen molar-refractivity contribution in [2.45, 2.75) is 141 Å². The number of ketones is 1. The van der Waals surface area contributed by atoms with Crippen LogP contribution >= 0.6 is 0 Å². The van der Waals surface area contributed by atoms with Gasteiger partial charge in [-0.15, -0.1) is 0 Å². The molecule has 12 nitrogen and oxygen atoms in total. The molecule has 9 rings (SSSR count). The molecule has 2 bridgehead atoms. The predicted molar refractivity (Wildman–Crippen MR) is 222 cm³/mol. The summed E-state index contributed by atoms with van der Waals surface area (Å²) in [5.74, 6) is -3.55. The molecule has 5 fully saturated rings. The van der Waals surface area contributed by atoms with Gasteiger partial charge >= 0.3 is 5.97 Å². The Bertz CT molecular complexity index is 2400. The summed E-state index contributed by atoms with van der Waals surface area (Å²) >= 11 is 0. The molecule has 0 radical (unpaired) electrons. The van der Waals surface area contributed by atoms with Crippen molar-refractivity contribution in [3.63, 3.8) is 0 Å². The maximum Gasteiger partial charge on any atom is 0.306 e. The molecule has 15 heteroatoms. The highest BCUT2D eigenvalue weighted by molar-refractivity contribution is 7.91. The van der Waals surface area contributed by atoms with Crippen LogP contribution in [0.5, 0.6) is 5.88 Å². The fourth-order valence-electron chi connectivity index (χ4n) is 10.6. The van der Waals surface area contributed by atoms with Gasteiger partial charge in [0, 0.05) is 24.1 Å². The summed E-state index contributed by atoms with van der Waals surface area (Å²) in [7, 11) is -4.19. The molecule has 0 spiro atoms. The lowest BCUT2D eigenvalue weighted by molar-refractivity contribution is -0.158. The standard InChI is InChI=1S/C46H56F2N4O8S/c1-44(2,3)31-21-38(54)60-37-19-26-18-30(26)29(37)12-6-5-7-13-34-41(50-39-28-11-9-8-10-25(28)14-15-33(39)49-34)59-27-20-35(52(24-27)42(31)55)36(53)23-46(22-32(46)40(47)48)43(56)51-61(57,58)45(4)16-17-45/h8-11,14-15,26-27,29-32,35,37,40H,5-7,12-13,16-24H2,1-4H3,(H,51,56)/t26-,27?,29+,30-,31+,32-,35-,37+,46+/m0/s1. The number of carbonyl (C=O) groups is 4. The van der Waals surface area contributed by atoms with E-state index < -0.39 is 86.0 Å². The molecular formula is C46H56F2N4O8S. The van der Waals surface area contributed by atoms with Crippen molar-refractivity contribution >= 4 is 55.4 Å². The van der Waals surface area contributed by atoms with Crippen molar-refractivity contribution in [2.24, 2.45) is 40.4 Å². The van der Waals surface area contributed by atoms with Gasteiger partial charge in [-0.1, -0.05) is 63.9 Å². The van der Waals surface area contributed by atoms with E-state index in [9.17, 15) is 36.4 Å². The third-order valence-electron chi connectivity index (χ3n) is 15.0. The molecule has 1 N–H and O–H groups in total. The molecule has 2 amide bonds. The lowest BCUT2D eigenvalue weighted by Gasteiger charge is -2.35. The van der Waals surface area contributed by atoms with Gasteiger partial charge in [0.2, 0.25) is 34.1 Å². The molecule has 3 heterocycles. The number of sulfonamides is 1. The Morgan fingerprint density at radius 1 is 0.984 bits per heavy atom. The van der Waals surface area contributed by atoms with Gasteiger partial charge in [0.05, 0.1) is 40.6 Å². The molecule has 2 aromatic carbocycles. The zero-order valence-corrected chi connectivity index (χ0v) is 36.1. The molecule has 4 saturated carbocycles. The van der Waals surface area contributed by atoms with Gasteiger partial charge in [0.1, 0.15) is 23.4 Å². The number of benzene rings is 2. The number of esters is 1. The lowest BCUT2D eigenvalue weighted by Crippen LogP contribution is -2.49. The zero-order valence-electron chi connectivity index (χ0n) is 35.3. The number of fused-ring (bicyclic) bond motifs is 9. The Hall–Kier alpha value is -4.27. The summed E-state index contributed by atoms with van der Waals surface area (Å²) in [6.07, 6.45) is 1.51. The van der Waals surface area contributed by atoms with Crippen LogP contribution in [0.4, 0.5) is 8.78 Å². The van der Waals surface area contributed by atoms with Gasteiger partial charge in [-0.25, -0.2) is 27.2 Å². The van der Waals surface area contributed by atoms with Crippen LogP contribution in [0, 0.1) is 40.4 Å². The molecule has 61 heavy (non-hydrogen) atoms. The number of rotatable bonds is 7. The van der Waals surface area contributed by atoms with E-state index >= 15 is 0 Å². The van der Waals surface area contributed by atoms with Crippen LogP contribution < -0.4 is 9.46 Å². The normalized spacial score (nSPS) is 32.5. The molecule has 328 valence electrons. The second kappa shape index (κ2) is 15.2. The highest BCUT2D eigenvalue weighted by atomic mass is 32.2. The van der Waals surface area contributed by atoms with E-state index in [2.05, 4.69) is 0 Å². The van der Waals surface area contributed by atoms with Crippen LogP contribution in [0.1, 0.15) is 110 Å². The van der Waals surface area contributed by atoms with E-state index in [0.717, 1.165) is 49.3 Å². The predicted octanol–water partition coefficient (Wildman–Crippen LogP) is 7.10. The van der Waals surface area contributed by atoms with Crippen molar-refractivity contribution < 1.29 is 45.9 Å². The number of amides is 2. The second-order valence-corrected chi connectivity index (χ2v) is 22.4. The number of hydrogen-bond donors (Lipinski definition) is 1. The lowest BCUT2D eigenvalue weighted by atomic mass is 9.77. The van der Waals surface area contributed by atoms with Crippen molar-refractivity contribution in [1.29, 1.82) is 0 Å². The first kappa shape index (κ1) is 42.1. The molecule has 1 aromatic heterocycles.